The van der Waals surface area contributed by atoms with E-state index in [4.69, 9.17) is 14.6 Å². The van der Waals surface area contributed by atoms with Crippen LogP contribution in [0.25, 0.3) is 16.5 Å². The lowest BCUT2D eigenvalue weighted by Gasteiger charge is -2.31. The molecule has 226 valence electrons. The van der Waals surface area contributed by atoms with Gasteiger partial charge in [-0.2, -0.15) is 5.10 Å². The average Bonchev–Trinajstić information content (AvgIpc) is 3.42. The van der Waals surface area contributed by atoms with E-state index >= 15 is 0 Å². The van der Waals surface area contributed by atoms with Crippen LogP contribution in [0, 0.1) is 6.92 Å². The molecule has 0 bridgehead atoms. The van der Waals surface area contributed by atoms with Gasteiger partial charge in [-0.15, -0.1) is 0 Å². The smallest absolute Gasteiger partial charge is 0.324 e. The highest BCUT2D eigenvalue weighted by atomic mass is 16.5. The Labute approximate surface area is 251 Å². The molecule has 0 aliphatic carbocycles. The maximum atomic E-state index is 13.3. The van der Waals surface area contributed by atoms with E-state index in [1.807, 2.05) is 61.5 Å². The standard InChI is InChI=1S/C32H39N7O4/c1-21-10-11-22(19-34-21)39-29(18-28(37-39)32(2,3)4)36-31(41)35-25-12-13-26(24-9-7-6-8-23(24)25)42-16-14-38-15-17-43-27(20-38)30(40)33-5/h6-13,18-19,27H,14-17,20H2,1-5H3,(H,33,40)(H2,35,36,41). The minimum absolute atomic E-state index is 0.116. The van der Waals surface area contributed by atoms with E-state index < -0.39 is 12.1 Å². The number of carbonyl (C=O) groups excluding carboxylic acids is 2. The average molecular weight is 586 g/mol. The van der Waals surface area contributed by atoms with E-state index in [9.17, 15) is 9.59 Å². The van der Waals surface area contributed by atoms with Gasteiger partial charge in [0.05, 0.1) is 29.9 Å². The minimum Gasteiger partial charge on any atom is -0.492 e. The lowest BCUT2D eigenvalue weighted by Crippen LogP contribution is -2.50. The first-order chi connectivity index (χ1) is 20.6. The van der Waals surface area contributed by atoms with Crippen molar-refractivity contribution in [1.29, 1.82) is 0 Å². The van der Waals surface area contributed by atoms with E-state index in [0.29, 0.717) is 37.8 Å². The number of hydrogen-bond acceptors (Lipinski definition) is 7. The number of benzene rings is 2. The monoisotopic (exact) mass is 585 g/mol. The SMILES string of the molecule is CNC(=O)C1CN(CCOc2ccc(NC(=O)Nc3cc(C(C)(C)C)nn3-c3ccc(C)nc3)c3ccccc23)CCO1. The van der Waals surface area contributed by atoms with Crippen molar-refractivity contribution in [2.24, 2.45) is 0 Å². The van der Waals surface area contributed by atoms with Gasteiger partial charge in [-0.05, 0) is 31.2 Å². The van der Waals surface area contributed by atoms with Crippen LogP contribution in [-0.2, 0) is 14.9 Å². The summed E-state index contributed by atoms with van der Waals surface area (Å²) >= 11 is 0. The van der Waals surface area contributed by atoms with Gasteiger partial charge in [-0.25, -0.2) is 9.48 Å². The number of nitrogens with zero attached hydrogens (tertiary/aromatic N) is 4. The van der Waals surface area contributed by atoms with Gasteiger partial charge in [0, 0.05) is 54.6 Å². The molecule has 4 aromatic rings. The molecule has 11 nitrogen and oxygen atoms in total. The largest absolute Gasteiger partial charge is 0.492 e. The number of rotatable bonds is 8. The molecule has 5 rings (SSSR count). The first-order valence-electron chi connectivity index (χ1n) is 14.4. The zero-order valence-electron chi connectivity index (χ0n) is 25.3. The van der Waals surface area contributed by atoms with Gasteiger partial charge in [0.25, 0.3) is 0 Å². The molecule has 2 aromatic heterocycles. The number of fused-ring (bicyclic) bond motifs is 1. The fourth-order valence-corrected chi connectivity index (χ4v) is 4.90. The number of carbonyl (C=O) groups is 2. The quantitative estimate of drug-likeness (QED) is 0.278. The number of anilines is 2. The molecule has 1 aliphatic rings. The van der Waals surface area contributed by atoms with Crippen molar-refractivity contribution >= 4 is 34.2 Å². The number of ether oxygens (including phenoxy) is 2. The highest BCUT2D eigenvalue weighted by Crippen LogP contribution is 2.32. The fraction of sp³-hybridized carbons (Fsp3) is 0.375. The van der Waals surface area contributed by atoms with Crippen LogP contribution >= 0.6 is 0 Å². The third-order valence-corrected chi connectivity index (χ3v) is 7.35. The number of nitrogens with one attached hydrogen (secondary N) is 3. The summed E-state index contributed by atoms with van der Waals surface area (Å²) in [6.45, 7) is 11.0. The summed E-state index contributed by atoms with van der Waals surface area (Å²) in [6, 6.07) is 16.8. The molecule has 43 heavy (non-hydrogen) atoms. The van der Waals surface area contributed by atoms with Crippen LogP contribution in [0.15, 0.2) is 60.8 Å². The molecule has 2 aromatic carbocycles. The van der Waals surface area contributed by atoms with Crippen molar-refractivity contribution in [3.05, 3.63) is 72.2 Å². The summed E-state index contributed by atoms with van der Waals surface area (Å²) in [5.41, 5.74) is 2.94. The second kappa shape index (κ2) is 12.8. The van der Waals surface area contributed by atoms with Gasteiger partial charge in [0.1, 0.15) is 24.3 Å². The Morgan fingerprint density at radius 1 is 1.07 bits per heavy atom. The Hall–Kier alpha value is -4.48. The molecule has 3 amide bonds. The number of morpholine rings is 1. The number of likely N-dealkylation sites (N-methyl/N-ethyl adjacent to an activating group) is 1. The Kier molecular flexibility index (Phi) is 8.93. The molecular weight excluding hydrogens is 546 g/mol. The van der Waals surface area contributed by atoms with Crippen molar-refractivity contribution in [3.63, 3.8) is 0 Å². The minimum atomic E-state index is -0.469. The molecule has 0 spiro atoms. The second-order valence-electron chi connectivity index (χ2n) is 11.6. The third kappa shape index (κ3) is 7.12. The van der Waals surface area contributed by atoms with Crippen LogP contribution in [0.3, 0.4) is 0 Å². The molecular formula is C32H39N7O4. The molecule has 3 heterocycles. The Morgan fingerprint density at radius 3 is 2.58 bits per heavy atom. The Morgan fingerprint density at radius 2 is 1.86 bits per heavy atom. The van der Waals surface area contributed by atoms with Crippen LogP contribution in [0.2, 0.25) is 0 Å². The summed E-state index contributed by atoms with van der Waals surface area (Å²) < 4.78 is 13.5. The number of aryl methyl sites for hydroxylation is 1. The zero-order valence-corrected chi connectivity index (χ0v) is 25.3. The first kappa shape index (κ1) is 30.0. The highest BCUT2D eigenvalue weighted by Gasteiger charge is 2.26. The number of pyridine rings is 1. The first-order valence-corrected chi connectivity index (χ1v) is 14.4. The molecule has 1 unspecified atom stereocenters. The molecule has 1 fully saturated rings. The Bertz CT molecular complexity index is 1590. The van der Waals surface area contributed by atoms with E-state index in [1.165, 1.54) is 0 Å². The number of urea groups is 1. The van der Waals surface area contributed by atoms with Gasteiger partial charge in [-0.1, -0.05) is 45.0 Å². The number of amides is 3. The molecule has 1 atom stereocenters. The second-order valence-corrected chi connectivity index (χ2v) is 11.6. The van der Waals surface area contributed by atoms with Crippen molar-refractivity contribution in [1.82, 2.24) is 25.0 Å². The molecule has 0 radical (unpaired) electrons. The van der Waals surface area contributed by atoms with Crippen LogP contribution in [0.1, 0.15) is 32.2 Å². The van der Waals surface area contributed by atoms with Gasteiger partial charge < -0.3 is 20.1 Å². The topological polar surface area (TPSA) is 123 Å². The lowest BCUT2D eigenvalue weighted by atomic mass is 9.92. The number of aromatic nitrogens is 3. The van der Waals surface area contributed by atoms with Gasteiger partial charge in [-0.3, -0.25) is 20.0 Å². The number of hydrogen-bond donors (Lipinski definition) is 3. The highest BCUT2D eigenvalue weighted by molar-refractivity contribution is 6.07. The summed E-state index contributed by atoms with van der Waals surface area (Å²) in [6.07, 6.45) is 1.27. The lowest BCUT2D eigenvalue weighted by molar-refractivity contribution is -0.138. The van der Waals surface area contributed by atoms with E-state index in [1.54, 1.807) is 17.9 Å². The van der Waals surface area contributed by atoms with Crippen LogP contribution in [-0.4, -0.2) is 77.6 Å². The van der Waals surface area contributed by atoms with Crippen LogP contribution < -0.4 is 20.7 Å². The van der Waals surface area contributed by atoms with Gasteiger partial charge in [0.15, 0.2) is 0 Å². The van der Waals surface area contributed by atoms with Crippen LogP contribution in [0.4, 0.5) is 16.3 Å². The summed E-state index contributed by atoms with van der Waals surface area (Å²) in [4.78, 5) is 31.8. The molecule has 1 aliphatic heterocycles. The maximum absolute atomic E-state index is 13.3. The summed E-state index contributed by atoms with van der Waals surface area (Å²) in [5.74, 6) is 1.14. The van der Waals surface area contributed by atoms with Crippen molar-refractivity contribution in [2.75, 3.05) is 50.5 Å². The third-order valence-electron chi connectivity index (χ3n) is 7.35. The van der Waals surface area contributed by atoms with Crippen molar-refractivity contribution in [3.8, 4) is 11.4 Å². The van der Waals surface area contributed by atoms with Crippen molar-refractivity contribution < 1.29 is 19.1 Å². The summed E-state index contributed by atoms with van der Waals surface area (Å²) in [5, 5.41) is 15.1. The normalized spacial score (nSPS) is 15.7. The molecule has 11 heteroatoms. The fourth-order valence-electron chi connectivity index (χ4n) is 4.90. The molecule has 1 saturated heterocycles. The van der Waals surface area contributed by atoms with E-state index in [0.717, 1.165) is 40.1 Å². The predicted molar refractivity (Wildman–Crippen MR) is 167 cm³/mol. The van der Waals surface area contributed by atoms with E-state index in [-0.39, 0.29) is 11.3 Å². The van der Waals surface area contributed by atoms with Gasteiger partial charge >= 0.3 is 6.03 Å². The summed E-state index contributed by atoms with van der Waals surface area (Å²) in [7, 11) is 1.61. The predicted octanol–water partition coefficient (Wildman–Crippen LogP) is 4.50. The Balaban J connectivity index is 1.29. The maximum Gasteiger partial charge on any atom is 0.324 e. The zero-order chi connectivity index (χ0) is 30.6. The van der Waals surface area contributed by atoms with E-state index in [2.05, 4.69) is 46.6 Å². The molecule has 0 saturated carbocycles. The van der Waals surface area contributed by atoms with Gasteiger partial charge in [0.2, 0.25) is 5.91 Å². The molecule has 3 N–H and O–H groups in total. The van der Waals surface area contributed by atoms with Crippen LogP contribution in [0.5, 0.6) is 5.75 Å². The van der Waals surface area contributed by atoms with Crippen molar-refractivity contribution in [2.45, 2.75) is 39.2 Å².